The Morgan fingerprint density at radius 3 is 2.75 bits per heavy atom. The lowest BCUT2D eigenvalue weighted by molar-refractivity contribution is 0.560. The van der Waals surface area contributed by atoms with E-state index < -0.39 is 5.54 Å². The molecule has 0 saturated heterocycles. The molecule has 0 radical (unpaired) electrons. The van der Waals surface area contributed by atoms with Gasteiger partial charge in [-0.3, -0.25) is 0 Å². The van der Waals surface area contributed by atoms with Crippen molar-refractivity contribution in [1.82, 2.24) is 9.36 Å². The highest BCUT2D eigenvalue weighted by atomic mass is 32.2. The first-order chi connectivity index (χ1) is 9.68. The van der Waals surface area contributed by atoms with E-state index in [2.05, 4.69) is 15.4 Å². The summed E-state index contributed by atoms with van der Waals surface area (Å²) < 4.78 is 5.18. The molecule has 0 aliphatic rings. The average Bonchev–Trinajstić information content (AvgIpc) is 2.96. The number of nitrogens with two attached hydrogens (primary N) is 1. The van der Waals surface area contributed by atoms with Gasteiger partial charge in [-0.2, -0.15) is 9.64 Å². The zero-order valence-corrected chi connectivity index (χ0v) is 12.9. The van der Waals surface area contributed by atoms with Gasteiger partial charge in [-0.15, -0.1) is 0 Å². The molecule has 1 aromatic heterocycles. The molecule has 2 aromatic rings. The summed E-state index contributed by atoms with van der Waals surface area (Å²) in [7, 11) is 0. The quantitative estimate of drug-likeness (QED) is 0.830. The Balaban J connectivity index is 1.96. The number of hydrogen-bond acceptors (Lipinski definition) is 6. The van der Waals surface area contributed by atoms with Gasteiger partial charge in [0, 0.05) is 12.2 Å². The summed E-state index contributed by atoms with van der Waals surface area (Å²) in [6.07, 6.45) is 1.43. The second-order valence-electron chi connectivity index (χ2n) is 4.38. The zero-order valence-electron chi connectivity index (χ0n) is 11.2. The number of hydrogen-bond donors (Lipinski definition) is 1. The number of thioether (sulfide) groups is 1. The monoisotopic (exact) mass is 304 g/mol. The molecule has 4 nitrogen and oxygen atoms in total. The fraction of sp³-hybridized carbons (Fsp3) is 0.357. The zero-order chi connectivity index (χ0) is 14.4. The van der Waals surface area contributed by atoms with Crippen LogP contribution in [0, 0.1) is 11.3 Å². The van der Waals surface area contributed by atoms with Crippen molar-refractivity contribution in [2.45, 2.75) is 29.6 Å². The maximum absolute atomic E-state index is 9.37. The fourth-order valence-electron chi connectivity index (χ4n) is 1.74. The molecule has 0 spiro atoms. The van der Waals surface area contributed by atoms with Crippen molar-refractivity contribution in [2.24, 2.45) is 5.73 Å². The number of benzene rings is 1. The Kier molecular flexibility index (Phi) is 5.12. The van der Waals surface area contributed by atoms with Gasteiger partial charge >= 0.3 is 0 Å². The minimum absolute atomic E-state index is 0.583. The molecule has 1 atom stereocenters. The van der Waals surface area contributed by atoms with Crippen LogP contribution < -0.4 is 5.73 Å². The minimum Gasteiger partial charge on any atom is -0.310 e. The van der Waals surface area contributed by atoms with E-state index in [4.69, 9.17) is 5.73 Å². The molecule has 0 saturated carbocycles. The van der Waals surface area contributed by atoms with E-state index >= 15 is 0 Å². The molecule has 0 bridgehead atoms. The van der Waals surface area contributed by atoms with Gasteiger partial charge < -0.3 is 5.73 Å². The number of aryl methyl sites for hydroxylation is 1. The van der Waals surface area contributed by atoms with Crippen molar-refractivity contribution in [1.29, 1.82) is 5.26 Å². The third-order valence-corrected chi connectivity index (χ3v) is 4.85. The number of rotatable bonds is 6. The van der Waals surface area contributed by atoms with E-state index in [-0.39, 0.29) is 0 Å². The predicted octanol–water partition coefficient (Wildman–Crippen LogP) is 2.96. The van der Waals surface area contributed by atoms with Crippen LogP contribution in [0.4, 0.5) is 0 Å². The van der Waals surface area contributed by atoms with Gasteiger partial charge in [0.1, 0.15) is 11.4 Å². The highest BCUT2D eigenvalue weighted by Gasteiger charge is 2.26. The first-order valence-corrected chi connectivity index (χ1v) is 8.15. The summed E-state index contributed by atoms with van der Waals surface area (Å²) in [6.45, 7) is 2.03. The maximum Gasteiger partial charge on any atom is 0.170 e. The third-order valence-electron chi connectivity index (χ3n) is 2.98. The Labute approximate surface area is 127 Å². The Morgan fingerprint density at radius 1 is 1.40 bits per heavy atom. The molecule has 1 unspecified atom stereocenters. The minimum atomic E-state index is -0.938. The molecule has 1 aromatic carbocycles. The number of aromatic nitrogens is 2. The molecule has 2 rings (SSSR count). The average molecular weight is 304 g/mol. The Bertz CT molecular complexity index is 591. The smallest absolute Gasteiger partial charge is 0.170 e. The third kappa shape index (κ3) is 3.57. The van der Waals surface area contributed by atoms with Crippen molar-refractivity contribution in [3.8, 4) is 6.07 Å². The van der Waals surface area contributed by atoms with E-state index in [9.17, 15) is 5.26 Å². The first kappa shape index (κ1) is 15.0. The van der Waals surface area contributed by atoms with Crippen molar-refractivity contribution in [3.05, 3.63) is 41.7 Å². The van der Waals surface area contributed by atoms with Crippen LogP contribution in [0.3, 0.4) is 0 Å². The van der Waals surface area contributed by atoms with E-state index in [1.165, 1.54) is 11.5 Å². The van der Waals surface area contributed by atoms with Gasteiger partial charge in [0.15, 0.2) is 4.34 Å². The number of nitrogens with zero attached hydrogens (tertiary/aromatic N) is 3. The van der Waals surface area contributed by atoms with Gasteiger partial charge in [-0.05, 0) is 23.5 Å². The van der Waals surface area contributed by atoms with Crippen molar-refractivity contribution >= 4 is 23.3 Å². The lowest BCUT2D eigenvalue weighted by Crippen LogP contribution is -2.35. The summed E-state index contributed by atoms with van der Waals surface area (Å²) in [4.78, 5) is 4.39. The molecule has 0 aliphatic carbocycles. The molecule has 104 valence electrons. The second kappa shape index (κ2) is 6.84. The molecule has 2 N–H and O–H groups in total. The fourth-order valence-corrected chi connectivity index (χ4v) is 3.58. The summed E-state index contributed by atoms with van der Waals surface area (Å²) in [6, 6.07) is 11.7. The van der Waals surface area contributed by atoms with Gasteiger partial charge in [-0.25, -0.2) is 4.98 Å². The van der Waals surface area contributed by atoms with Crippen molar-refractivity contribution < 1.29 is 0 Å². The van der Waals surface area contributed by atoms with Gasteiger partial charge in [-0.1, -0.05) is 49.0 Å². The van der Waals surface area contributed by atoms with E-state index in [1.54, 1.807) is 11.8 Å². The largest absolute Gasteiger partial charge is 0.310 e. The van der Waals surface area contributed by atoms with E-state index in [0.29, 0.717) is 6.42 Å². The van der Waals surface area contributed by atoms with Crippen LogP contribution in [0.2, 0.25) is 0 Å². The van der Waals surface area contributed by atoms with E-state index in [0.717, 1.165) is 27.9 Å². The highest BCUT2D eigenvalue weighted by Crippen LogP contribution is 2.27. The first-order valence-electron chi connectivity index (χ1n) is 6.39. The van der Waals surface area contributed by atoms with Crippen LogP contribution in [0.1, 0.15) is 24.7 Å². The van der Waals surface area contributed by atoms with Crippen LogP contribution >= 0.6 is 23.3 Å². The normalized spacial score (nSPS) is 13.7. The SMILES string of the molecule is CCc1nsc(SCCC(N)(C#N)c2ccccc2)n1. The molecule has 6 heteroatoms. The second-order valence-corrected chi connectivity index (χ2v) is 6.47. The Hall–Kier alpha value is -1.42. The summed E-state index contributed by atoms with van der Waals surface area (Å²) >= 11 is 3.01. The Morgan fingerprint density at radius 2 is 2.15 bits per heavy atom. The van der Waals surface area contributed by atoms with Crippen LogP contribution in [0.5, 0.6) is 0 Å². The molecule has 0 aliphatic heterocycles. The van der Waals surface area contributed by atoms with Crippen molar-refractivity contribution in [3.63, 3.8) is 0 Å². The standard InChI is InChI=1S/C14H16N4S2/c1-2-12-17-13(20-18-12)19-9-8-14(16,10-15)11-6-4-3-5-7-11/h3-7H,2,8-9,16H2,1H3. The summed E-state index contributed by atoms with van der Waals surface area (Å²) in [5, 5.41) is 9.37. The van der Waals surface area contributed by atoms with Gasteiger partial charge in [0.2, 0.25) is 0 Å². The molecule has 1 heterocycles. The van der Waals surface area contributed by atoms with Crippen LogP contribution in [-0.2, 0) is 12.0 Å². The molecule has 0 amide bonds. The van der Waals surface area contributed by atoms with Crippen molar-refractivity contribution in [2.75, 3.05) is 5.75 Å². The number of nitriles is 1. The lowest BCUT2D eigenvalue weighted by Gasteiger charge is -2.21. The molecular formula is C14H16N4S2. The lowest BCUT2D eigenvalue weighted by atomic mass is 9.90. The highest BCUT2D eigenvalue weighted by molar-refractivity contribution is 8.00. The van der Waals surface area contributed by atoms with Crippen LogP contribution in [0.25, 0.3) is 0 Å². The maximum atomic E-state index is 9.37. The topological polar surface area (TPSA) is 75.6 Å². The van der Waals surface area contributed by atoms with Crippen LogP contribution in [0.15, 0.2) is 34.7 Å². The van der Waals surface area contributed by atoms with Gasteiger partial charge in [0.05, 0.1) is 6.07 Å². The van der Waals surface area contributed by atoms with Gasteiger partial charge in [0.25, 0.3) is 0 Å². The summed E-state index contributed by atoms with van der Waals surface area (Å²) in [5.41, 5.74) is 6.13. The summed E-state index contributed by atoms with van der Waals surface area (Å²) in [5.74, 6) is 1.62. The van der Waals surface area contributed by atoms with Crippen LogP contribution in [-0.4, -0.2) is 15.1 Å². The molecular weight excluding hydrogens is 288 g/mol. The molecule has 0 fully saturated rings. The molecule has 20 heavy (non-hydrogen) atoms. The van der Waals surface area contributed by atoms with E-state index in [1.807, 2.05) is 37.3 Å². The predicted molar refractivity (Wildman–Crippen MR) is 82.5 cm³/mol.